The summed E-state index contributed by atoms with van der Waals surface area (Å²) < 4.78 is 48.6. The third-order valence-electron chi connectivity index (χ3n) is 1.17. The van der Waals surface area contributed by atoms with Crippen LogP contribution in [0.4, 0.5) is 17.6 Å². The third kappa shape index (κ3) is 1.23. The van der Waals surface area contributed by atoms with Crippen LogP contribution in [0.2, 0.25) is 0 Å². The van der Waals surface area contributed by atoms with Gasteiger partial charge in [0.1, 0.15) is 5.82 Å². The number of halogens is 5. The van der Waals surface area contributed by atoms with Gasteiger partial charge in [-0.2, -0.15) is 0 Å². The zero-order valence-corrected chi connectivity index (χ0v) is 7.46. The van der Waals surface area contributed by atoms with Crippen molar-refractivity contribution >= 4 is 22.6 Å². The van der Waals surface area contributed by atoms with Gasteiger partial charge in [0.25, 0.3) is 0 Å². The SMILES string of the molecule is [O-]c1c(F)c(F)c(F)c(I)c1F. The molecule has 1 aromatic rings. The van der Waals surface area contributed by atoms with Crippen LogP contribution in [0, 0.1) is 26.8 Å². The van der Waals surface area contributed by atoms with Gasteiger partial charge >= 0.3 is 0 Å². The molecule has 0 radical (unpaired) electrons. The highest BCUT2D eigenvalue weighted by molar-refractivity contribution is 14.1. The van der Waals surface area contributed by atoms with E-state index < -0.39 is 32.6 Å². The van der Waals surface area contributed by atoms with Crippen molar-refractivity contribution in [3.8, 4) is 5.75 Å². The molecule has 0 saturated heterocycles. The summed E-state index contributed by atoms with van der Waals surface area (Å²) in [6, 6.07) is 0. The highest BCUT2D eigenvalue weighted by Gasteiger charge is 2.18. The fourth-order valence-electron chi connectivity index (χ4n) is 0.585. The quantitative estimate of drug-likeness (QED) is 0.310. The maximum atomic E-state index is 12.5. The lowest BCUT2D eigenvalue weighted by molar-refractivity contribution is -0.277. The summed E-state index contributed by atoms with van der Waals surface area (Å²) in [5.74, 6) is -8.99. The first kappa shape index (κ1) is 9.56. The van der Waals surface area contributed by atoms with E-state index in [0.717, 1.165) is 22.6 Å². The average molecular weight is 291 g/mol. The van der Waals surface area contributed by atoms with Crippen LogP contribution in [0.1, 0.15) is 0 Å². The molecule has 1 rings (SSSR count). The first-order valence-corrected chi connectivity index (χ1v) is 3.73. The second-order valence-electron chi connectivity index (χ2n) is 1.90. The van der Waals surface area contributed by atoms with Crippen LogP contribution < -0.4 is 5.11 Å². The number of rotatable bonds is 0. The number of benzene rings is 1. The predicted octanol–water partition coefficient (Wildman–Crippen LogP) is 1.92. The molecule has 1 nitrogen and oxygen atoms in total. The monoisotopic (exact) mass is 291 g/mol. The van der Waals surface area contributed by atoms with E-state index in [0.29, 0.717) is 0 Å². The Morgan fingerprint density at radius 1 is 0.833 bits per heavy atom. The van der Waals surface area contributed by atoms with Crippen molar-refractivity contribution in [2.75, 3.05) is 0 Å². The number of hydrogen-bond acceptors (Lipinski definition) is 1. The highest BCUT2D eigenvalue weighted by Crippen LogP contribution is 2.27. The van der Waals surface area contributed by atoms with Crippen molar-refractivity contribution in [3.63, 3.8) is 0 Å². The van der Waals surface area contributed by atoms with Crippen LogP contribution in [0.5, 0.6) is 5.75 Å². The summed E-state index contributed by atoms with van der Waals surface area (Å²) in [4.78, 5) is 0. The molecule has 0 heterocycles. The van der Waals surface area contributed by atoms with E-state index in [1.807, 2.05) is 0 Å². The van der Waals surface area contributed by atoms with Gasteiger partial charge in [0.05, 0.1) is 3.57 Å². The van der Waals surface area contributed by atoms with Gasteiger partial charge in [0.15, 0.2) is 17.5 Å². The Morgan fingerprint density at radius 3 is 1.83 bits per heavy atom. The summed E-state index contributed by atoms with van der Waals surface area (Å²) in [5, 5.41) is 10.4. The van der Waals surface area contributed by atoms with Gasteiger partial charge < -0.3 is 5.11 Å². The maximum Gasteiger partial charge on any atom is 0.195 e. The minimum Gasteiger partial charge on any atom is -0.868 e. The van der Waals surface area contributed by atoms with Gasteiger partial charge in [0, 0.05) is 0 Å². The topological polar surface area (TPSA) is 23.1 Å². The normalized spacial score (nSPS) is 10.4. The lowest BCUT2D eigenvalue weighted by Crippen LogP contribution is -2.06. The molecule has 0 aliphatic carbocycles. The van der Waals surface area contributed by atoms with E-state index in [4.69, 9.17) is 0 Å². The standard InChI is InChI=1S/C6HF4IO/c7-1-2(8)5(11)4(10)6(12)3(1)9/h12H/p-1. The Labute approximate surface area is 78.1 Å². The second kappa shape index (κ2) is 3.08. The first-order chi connectivity index (χ1) is 5.46. The van der Waals surface area contributed by atoms with Gasteiger partial charge in [-0.3, -0.25) is 0 Å². The third-order valence-corrected chi connectivity index (χ3v) is 2.12. The van der Waals surface area contributed by atoms with Crippen LogP contribution in [0.25, 0.3) is 0 Å². The lowest BCUT2D eigenvalue weighted by atomic mass is 10.3. The Kier molecular flexibility index (Phi) is 2.45. The molecule has 0 N–H and O–H groups in total. The molecular formula is C6F4IO-. The fraction of sp³-hybridized carbons (Fsp3) is 0. The zero-order valence-electron chi connectivity index (χ0n) is 5.30. The van der Waals surface area contributed by atoms with Crippen LogP contribution in [0.3, 0.4) is 0 Å². The first-order valence-electron chi connectivity index (χ1n) is 2.65. The minimum atomic E-state index is -2.02. The summed E-state index contributed by atoms with van der Waals surface area (Å²) in [6.45, 7) is 0. The molecule has 0 saturated carbocycles. The second-order valence-corrected chi connectivity index (χ2v) is 2.98. The summed E-state index contributed by atoms with van der Waals surface area (Å²) >= 11 is 1.08. The van der Waals surface area contributed by atoms with Gasteiger partial charge in [0.2, 0.25) is 0 Å². The molecular weight excluding hydrogens is 291 g/mol. The minimum absolute atomic E-state index is 0.837. The van der Waals surface area contributed by atoms with Crippen molar-refractivity contribution in [1.82, 2.24) is 0 Å². The highest BCUT2D eigenvalue weighted by atomic mass is 127. The van der Waals surface area contributed by atoms with Crippen molar-refractivity contribution in [2.24, 2.45) is 0 Å². The van der Waals surface area contributed by atoms with Crippen molar-refractivity contribution in [1.29, 1.82) is 0 Å². The molecule has 0 spiro atoms. The molecule has 0 amide bonds. The molecule has 6 heteroatoms. The molecule has 0 bridgehead atoms. The fourth-order valence-corrected chi connectivity index (χ4v) is 1.07. The molecule has 0 unspecified atom stereocenters. The van der Waals surface area contributed by atoms with E-state index in [2.05, 4.69) is 0 Å². The maximum absolute atomic E-state index is 12.5. The lowest BCUT2D eigenvalue weighted by Gasteiger charge is -2.11. The van der Waals surface area contributed by atoms with E-state index in [9.17, 15) is 22.7 Å². The van der Waals surface area contributed by atoms with Crippen LogP contribution in [-0.4, -0.2) is 0 Å². The molecule has 0 aliphatic rings. The smallest absolute Gasteiger partial charge is 0.195 e. The van der Waals surface area contributed by atoms with Gasteiger partial charge in [-0.25, -0.2) is 17.6 Å². The van der Waals surface area contributed by atoms with Crippen LogP contribution in [0.15, 0.2) is 0 Å². The zero-order chi connectivity index (χ0) is 9.46. The van der Waals surface area contributed by atoms with E-state index in [1.165, 1.54) is 0 Å². The average Bonchev–Trinajstić information content (AvgIpc) is 2.08. The Bertz CT molecular complexity index is 234. The van der Waals surface area contributed by atoms with E-state index in [1.54, 1.807) is 0 Å². The number of hydrogen-bond donors (Lipinski definition) is 0. The van der Waals surface area contributed by atoms with E-state index in [-0.39, 0.29) is 0 Å². The molecule has 0 fully saturated rings. The van der Waals surface area contributed by atoms with Gasteiger partial charge in [-0.1, -0.05) is 0 Å². The summed E-state index contributed by atoms with van der Waals surface area (Å²) in [7, 11) is 0. The molecule has 66 valence electrons. The Balaban J connectivity index is 3.60. The van der Waals surface area contributed by atoms with Gasteiger partial charge in [-0.05, 0) is 28.3 Å². The molecule has 0 aromatic heterocycles. The molecule has 0 aliphatic heterocycles. The molecule has 0 atom stereocenters. The molecule has 1 aromatic carbocycles. The summed E-state index contributed by atoms with van der Waals surface area (Å²) in [5.41, 5.74) is 0. The van der Waals surface area contributed by atoms with E-state index >= 15 is 0 Å². The largest absolute Gasteiger partial charge is 0.868 e. The van der Waals surface area contributed by atoms with Crippen molar-refractivity contribution < 1.29 is 22.7 Å². The van der Waals surface area contributed by atoms with Crippen LogP contribution >= 0.6 is 22.6 Å². The van der Waals surface area contributed by atoms with Crippen molar-refractivity contribution in [2.45, 2.75) is 0 Å². The van der Waals surface area contributed by atoms with Crippen molar-refractivity contribution in [3.05, 3.63) is 26.8 Å². The van der Waals surface area contributed by atoms with Crippen LogP contribution in [-0.2, 0) is 0 Å². The Morgan fingerprint density at radius 2 is 1.33 bits per heavy atom. The molecule has 12 heavy (non-hydrogen) atoms. The predicted molar refractivity (Wildman–Crippen MR) is 38.4 cm³/mol. The Hall–Kier alpha value is -0.530. The summed E-state index contributed by atoms with van der Waals surface area (Å²) in [6.07, 6.45) is 0. The van der Waals surface area contributed by atoms with Gasteiger partial charge in [-0.15, -0.1) is 0 Å².